The van der Waals surface area contributed by atoms with Gasteiger partial charge < -0.3 is 0 Å². The Morgan fingerprint density at radius 1 is 1.17 bits per heavy atom. The van der Waals surface area contributed by atoms with Crippen molar-refractivity contribution in [2.24, 2.45) is 5.92 Å². The molecule has 0 N–H and O–H groups in total. The van der Waals surface area contributed by atoms with E-state index in [0.29, 0.717) is 5.78 Å². The fraction of sp³-hybridized carbons (Fsp3) is 0.562. The number of carbonyl (C=O) groups excluding carboxylic acids is 1. The number of hydrogen-bond acceptors (Lipinski definition) is 2. The second kappa shape index (κ2) is 4.51. The van der Waals surface area contributed by atoms with Gasteiger partial charge in [0.2, 0.25) is 0 Å². The molecule has 2 fully saturated rings. The van der Waals surface area contributed by atoms with Gasteiger partial charge in [-0.3, -0.25) is 9.69 Å². The fourth-order valence-corrected chi connectivity index (χ4v) is 3.56. The van der Waals surface area contributed by atoms with E-state index in [-0.39, 0.29) is 5.54 Å². The summed E-state index contributed by atoms with van der Waals surface area (Å²) in [6.45, 7) is 4.41. The van der Waals surface area contributed by atoms with E-state index in [1.165, 1.54) is 12.0 Å². The number of hydrogen-bond donors (Lipinski definition) is 0. The first kappa shape index (κ1) is 11.9. The molecule has 1 aliphatic carbocycles. The molecule has 0 amide bonds. The van der Waals surface area contributed by atoms with Crippen LogP contribution in [0.1, 0.15) is 38.2 Å². The Bertz CT molecular complexity index is 436. The number of Topliss-reactive ketones (excluding diaryl/α,β-unsaturated/α-hetero) is 1. The molecule has 2 heteroatoms. The minimum absolute atomic E-state index is 0.300. The summed E-state index contributed by atoms with van der Waals surface area (Å²) in [5, 5.41) is 0. The van der Waals surface area contributed by atoms with Crippen LogP contribution in [0.4, 0.5) is 0 Å². The first-order valence-corrected chi connectivity index (χ1v) is 7.07. The Morgan fingerprint density at radius 3 is 2.50 bits per heavy atom. The van der Waals surface area contributed by atoms with Crippen molar-refractivity contribution in [2.75, 3.05) is 13.1 Å². The van der Waals surface area contributed by atoms with Gasteiger partial charge in [0, 0.05) is 19.5 Å². The molecule has 1 aliphatic heterocycles. The maximum atomic E-state index is 12.6. The van der Waals surface area contributed by atoms with Crippen molar-refractivity contribution in [3.63, 3.8) is 0 Å². The zero-order valence-electron chi connectivity index (χ0n) is 11.1. The second-order valence-electron chi connectivity index (χ2n) is 5.87. The van der Waals surface area contributed by atoms with Crippen molar-refractivity contribution in [3.8, 4) is 0 Å². The van der Waals surface area contributed by atoms with E-state index >= 15 is 0 Å². The minimum atomic E-state index is -0.300. The van der Waals surface area contributed by atoms with Gasteiger partial charge in [0.15, 0.2) is 5.78 Å². The molecule has 0 bridgehead atoms. The Balaban J connectivity index is 2.00. The summed E-state index contributed by atoms with van der Waals surface area (Å²) >= 11 is 0. The highest BCUT2D eigenvalue weighted by Gasteiger charge is 2.49. The fourth-order valence-electron chi connectivity index (χ4n) is 3.56. The first-order chi connectivity index (χ1) is 8.73. The molecular weight excluding hydrogens is 222 g/mol. The highest BCUT2D eigenvalue weighted by Crippen LogP contribution is 2.43. The molecule has 1 atom stereocenters. The van der Waals surface area contributed by atoms with Crippen LogP contribution in [0.5, 0.6) is 0 Å². The van der Waals surface area contributed by atoms with Crippen LogP contribution in [-0.2, 0) is 10.3 Å². The number of rotatable bonds is 2. The molecule has 1 heterocycles. The first-order valence-electron chi connectivity index (χ1n) is 7.07. The largest absolute Gasteiger partial charge is 0.297 e. The summed E-state index contributed by atoms with van der Waals surface area (Å²) in [6.07, 6.45) is 3.99. The van der Waals surface area contributed by atoms with Crippen LogP contribution in [0, 0.1) is 5.92 Å². The van der Waals surface area contributed by atoms with Crippen LogP contribution in [-0.4, -0.2) is 23.8 Å². The van der Waals surface area contributed by atoms with E-state index in [1.54, 1.807) is 0 Å². The number of benzene rings is 1. The molecule has 1 aromatic carbocycles. The maximum Gasteiger partial charge on any atom is 0.157 e. The smallest absolute Gasteiger partial charge is 0.157 e. The summed E-state index contributed by atoms with van der Waals surface area (Å²) in [5.74, 6) is 1.17. The van der Waals surface area contributed by atoms with Crippen molar-refractivity contribution in [3.05, 3.63) is 35.9 Å². The summed E-state index contributed by atoms with van der Waals surface area (Å²) < 4.78 is 0. The third-order valence-corrected chi connectivity index (χ3v) is 4.51. The third kappa shape index (κ3) is 1.71. The monoisotopic (exact) mass is 243 g/mol. The van der Waals surface area contributed by atoms with Crippen LogP contribution >= 0.6 is 0 Å². The Labute approximate surface area is 109 Å². The van der Waals surface area contributed by atoms with E-state index in [4.69, 9.17) is 0 Å². The molecule has 2 nitrogen and oxygen atoms in total. The van der Waals surface area contributed by atoms with Crippen molar-refractivity contribution >= 4 is 5.78 Å². The van der Waals surface area contributed by atoms with E-state index in [2.05, 4.69) is 36.1 Å². The molecule has 18 heavy (non-hydrogen) atoms. The average Bonchev–Trinajstić information content (AvgIpc) is 2.37. The predicted octanol–water partition coefficient (Wildman–Crippen LogP) is 2.98. The van der Waals surface area contributed by atoms with Crippen LogP contribution in [0.25, 0.3) is 0 Å². The molecule has 1 aromatic rings. The summed E-state index contributed by atoms with van der Waals surface area (Å²) in [6, 6.07) is 10.4. The summed E-state index contributed by atoms with van der Waals surface area (Å²) in [4.78, 5) is 15.0. The van der Waals surface area contributed by atoms with Crippen LogP contribution < -0.4 is 0 Å². The van der Waals surface area contributed by atoms with Crippen molar-refractivity contribution < 1.29 is 4.79 Å². The van der Waals surface area contributed by atoms with Crippen molar-refractivity contribution in [2.45, 2.75) is 38.1 Å². The number of nitrogens with zero attached hydrogens (tertiary/aromatic N) is 1. The summed E-state index contributed by atoms with van der Waals surface area (Å²) in [7, 11) is 0. The topological polar surface area (TPSA) is 20.3 Å². The molecule has 96 valence electrons. The quantitative estimate of drug-likeness (QED) is 0.796. The maximum absolute atomic E-state index is 12.6. The zero-order chi connectivity index (χ0) is 12.6. The normalized spacial score (nSPS) is 30.2. The number of carbonyl (C=O) groups is 1. The minimum Gasteiger partial charge on any atom is -0.297 e. The third-order valence-electron chi connectivity index (χ3n) is 4.51. The lowest BCUT2D eigenvalue weighted by molar-refractivity contribution is -0.141. The van der Waals surface area contributed by atoms with Crippen LogP contribution in [0.3, 0.4) is 0 Å². The summed E-state index contributed by atoms with van der Waals surface area (Å²) in [5.41, 5.74) is 0.910. The van der Waals surface area contributed by atoms with E-state index in [9.17, 15) is 4.79 Å². The Morgan fingerprint density at radius 2 is 1.89 bits per heavy atom. The van der Waals surface area contributed by atoms with Gasteiger partial charge in [-0.05, 0) is 24.3 Å². The lowest BCUT2D eigenvalue weighted by atomic mass is 9.72. The van der Waals surface area contributed by atoms with Gasteiger partial charge >= 0.3 is 0 Å². The van der Waals surface area contributed by atoms with Gasteiger partial charge in [-0.1, -0.05) is 43.7 Å². The van der Waals surface area contributed by atoms with E-state index < -0.39 is 0 Å². The molecule has 0 spiro atoms. The van der Waals surface area contributed by atoms with Gasteiger partial charge in [-0.2, -0.15) is 0 Å². The van der Waals surface area contributed by atoms with Crippen LogP contribution in [0.15, 0.2) is 30.3 Å². The second-order valence-corrected chi connectivity index (χ2v) is 5.87. The predicted molar refractivity (Wildman–Crippen MR) is 72.3 cm³/mol. The molecule has 1 saturated carbocycles. The lowest BCUT2D eigenvalue weighted by Gasteiger charge is -2.52. The van der Waals surface area contributed by atoms with Crippen LogP contribution in [0.2, 0.25) is 0 Å². The van der Waals surface area contributed by atoms with Gasteiger partial charge in [-0.15, -0.1) is 0 Å². The van der Waals surface area contributed by atoms with Crippen molar-refractivity contribution in [1.82, 2.24) is 4.90 Å². The SMILES string of the molecule is CC1CN([C@@]2(c3ccccc3)CCCCC2=O)C1. The average molecular weight is 243 g/mol. The molecule has 2 aliphatic rings. The number of likely N-dealkylation sites (tertiary alicyclic amines) is 1. The zero-order valence-corrected chi connectivity index (χ0v) is 11.1. The van der Waals surface area contributed by atoms with Gasteiger partial charge in [0.1, 0.15) is 5.54 Å². The number of ketones is 1. The van der Waals surface area contributed by atoms with E-state index in [1.807, 2.05) is 6.07 Å². The highest BCUT2D eigenvalue weighted by molar-refractivity contribution is 5.90. The molecule has 0 aromatic heterocycles. The molecule has 0 radical (unpaired) electrons. The molecule has 0 unspecified atom stereocenters. The lowest BCUT2D eigenvalue weighted by Crippen LogP contribution is -2.61. The van der Waals surface area contributed by atoms with Gasteiger partial charge in [0.05, 0.1) is 0 Å². The van der Waals surface area contributed by atoms with Crippen molar-refractivity contribution in [1.29, 1.82) is 0 Å². The Kier molecular flexibility index (Phi) is 2.98. The van der Waals surface area contributed by atoms with E-state index in [0.717, 1.165) is 38.3 Å². The standard InChI is InChI=1S/C16H21NO/c1-13-11-17(12-13)16(10-6-5-9-15(16)18)14-7-3-2-4-8-14/h2-4,7-8,13H,5-6,9-12H2,1H3/t16-/m1/s1. The molecule has 1 saturated heterocycles. The molecule has 3 rings (SSSR count). The highest BCUT2D eigenvalue weighted by atomic mass is 16.1. The molecular formula is C16H21NO. The Hall–Kier alpha value is -1.15. The van der Waals surface area contributed by atoms with Gasteiger partial charge in [-0.25, -0.2) is 0 Å². The van der Waals surface area contributed by atoms with Gasteiger partial charge in [0.25, 0.3) is 0 Å².